The molecule has 6 nitrogen and oxygen atoms in total. The normalized spacial score (nSPS) is 13.0. The Bertz CT molecular complexity index is 1680. The van der Waals surface area contributed by atoms with Crippen molar-refractivity contribution in [3.63, 3.8) is 0 Å². The lowest BCUT2D eigenvalue weighted by atomic mass is 10.1. The fourth-order valence-corrected chi connectivity index (χ4v) is 8.73. The second-order valence-corrected chi connectivity index (χ2v) is 21.3. The van der Waals surface area contributed by atoms with Crippen LogP contribution in [0, 0.1) is 0 Å². The second kappa shape index (κ2) is 66.1. The van der Waals surface area contributed by atoms with Crippen LogP contribution in [0.4, 0.5) is 0 Å². The monoisotopic (exact) mass is 1090 g/mol. The van der Waals surface area contributed by atoms with E-state index in [1.165, 1.54) is 96.3 Å². The number of hydrogen-bond acceptors (Lipinski definition) is 6. The molecule has 0 spiro atoms. The molecule has 0 saturated carbocycles. The van der Waals surface area contributed by atoms with Crippen LogP contribution in [0.1, 0.15) is 290 Å². The Hall–Kier alpha value is -4.45. The number of esters is 3. The molecule has 79 heavy (non-hydrogen) atoms. The summed E-state index contributed by atoms with van der Waals surface area (Å²) in [6.07, 6.45) is 93.1. The van der Waals surface area contributed by atoms with Crippen LogP contribution in [0.25, 0.3) is 0 Å². The van der Waals surface area contributed by atoms with E-state index in [0.717, 1.165) is 154 Å². The van der Waals surface area contributed by atoms with Crippen LogP contribution in [0.3, 0.4) is 0 Å². The first-order valence-corrected chi connectivity index (χ1v) is 32.7. The lowest BCUT2D eigenvalue weighted by Crippen LogP contribution is -2.30. The fraction of sp³-hybridized carbons (Fsp3) is 0.658. The summed E-state index contributed by atoms with van der Waals surface area (Å²) in [6, 6.07) is 0. The molecule has 0 aliphatic carbocycles. The first kappa shape index (κ1) is 74.5. The van der Waals surface area contributed by atoms with Gasteiger partial charge >= 0.3 is 17.9 Å². The maximum atomic E-state index is 12.9. The van der Waals surface area contributed by atoms with Gasteiger partial charge in [-0.1, -0.05) is 270 Å². The molecule has 1 atom stereocenters. The molecule has 0 aliphatic heterocycles. The minimum absolute atomic E-state index is 0.0942. The van der Waals surface area contributed by atoms with Gasteiger partial charge in [0.2, 0.25) is 0 Å². The summed E-state index contributed by atoms with van der Waals surface area (Å²) in [5, 5.41) is 0. The van der Waals surface area contributed by atoms with Crippen molar-refractivity contribution in [3.8, 4) is 0 Å². The van der Waals surface area contributed by atoms with Crippen LogP contribution in [-0.4, -0.2) is 37.2 Å². The van der Waals surface area contributed by atoms with Gasteiger partial charge in [0.05, 0.1) is 0 Å². The summed E-state index contributed by atoms with van der Waals surface area (Å²) in [5.41, 5.74) is 0. The molecular formula is C73H120O6. The zero-order valence-corrected chi connectivity index (χ0v) is 51.3. The molecular weight excluding hydrogens is 973 g/mol. The van der Waals surface area contributed by atoms with Crippen molar-refractivity contribution in [3.05, 3.63) is 134 Å². The van der Waals surface area contributed by atoms with E-state index in [0.29, 0.717) is 19.3 Å². The number of rotatable bonds is 58. The molecule has 0 radical (unpaired) electrons. The highest BCUT2D eigenvalue weighted by molar-refractivity contribution is 5.71. The van der Waals surface area contributed by atoms with Gasteiger partial charge in [0.15, 0.2) is 6.10 Å². The van der Waals surface area contributed by atoms with E-state index in [1.54, 1.807) is 0 Å². The molecule has 0 aromatic rings. The molecule has 0 aromatic carbocycles. The molecule has 448 valence electrons. The van der Waals surface area contributed by atoms with E-state index >= 15 is 0 Å². The highest BCUT2D eigenvalue weighted by atomic mass is 16.6. The van der Waals surface area contributed by atoms with E-state index in [4.69, 9.17) is 14.2 Å². The number of allylic oxidation sites excluding steroid dienone is 22. The van der Waals surface area contributed by atoms with Crippen LogP contribution >= 0.6 is 0 Å². The average Bonchev–Trinajstić information content (AvgIpc) is 3.45. The van der Waals surface area contributed by atoms with Crippen LogP contribution in [-0.2, 0) is 28.6 Å². The van der Waals surface area contributed by atoms with E-state index in [-0.39, 0.29) is 31.1 Å². The van der Waals surface area contributed by atoms with Crippen LogP contribution in [0.5, 0.6) is 0 Å². The third-order valence-corrected chi connectivity index (χ3v) is 13.6. The van der Waals surface area contributed by atoms with E-state index < -0.39 is 6.10 Å². The Morgan fingerprint density at radius 1 is 0.266 bits per heavy atom. The Kier molecular flexibility index (Phi) is 62.3. The summed E-state index contributed by atoms with van der Waals surface area (Å²) < 4.78 is 16.9. The summed E-state index contributed by atoms with van der Waals surface area (Å²) in [6.45, 7) is 6.44. The van der Waals surface area contributed by atoms with Gasteiger partial charge in [-0.05, 0) is 135 Å². The quantitative estimate of drug-likeness (QED) is 0.0261. The van der Waals surface area contributed by atoms with Crippen molar-refractivity contribution in [2.75, 3.05) is 13.2 Å². The first-order valence-electron chi connectivity index (χ1n) is 32.7. The van der Waals surface area contributed by atoms with Crippen molar-refractivity contribution < 1.29 is 28.6 Å². The third kappa shape index (κ3) is 64.3. The molecule has 0 amide bonds. The fourth-order valence-electron chi connectivity index (χ4n) is 8.73. The number of carbonyl (C=O) groups excluding carboxylic acids is 3. The highest BCUT2D eigenvalue weighted by Gasteiger charge is 2.19. The predicted molar refractivity (Wildman–Crippen MR) is 343 cm³/mol. The van der Waals surface area contributed by atoms with Crippen LogP contribution in [0.2, 0.25) is 0 Å². The largest absolute Gasteiger partial charge is 0.462 e. The zero-order valence-electron chi connectivity index (χ0n) is 51.3. The molecule has 0 N–H and O–H groups in total. The van der Waals surface area contributed by atoms with Gasteiger partial charge in [0.1, 0.15) is 13.2 Å². The van der Waals surface area contributed by atoms with Crippen LogP contribution < -0.4 is 0 Å². The summed E-state index contributed by atoms with van der Waals surface area (Å²) in [5.74, 6) is -0.924. The number of carbonyl (C=O) groups is 3. The van der Waals surface area contributed by atoms with Crippen molar-refractivity contribution in [1.29, 1.82) is 0 Å². The first-order chi connectivity index (χ1) is 39.0. The second-order valence-electron chi connectivity index (χ2n) is 21.3. The van der Waals surface area contributed by atoms with Gasteiger partial charge in [-0.3, -0.25) is 14.4 Å². The number of hydrogen-bond donors (Lipinski definition) is 0. The lowest BCUT2D eigenvalue weighted by molar-refractivity contribution is -0.167. The highest BCUT2D eigenvalue weighted by Crippen LogP contribution is 2.15. The molecule has 1 unspecified atom stereocenters. The Morgan fingerprint density at radius 3 is 0.835 bits per heavy atom. The van der Waals surface area contributed by atoms with Gasteiger partial charge in [-0.25, -0.2) is 0 Å². The van der Waals surface area contributed by atoms with Crippen molar-refractivity contribution in [1.82, 2.24) is 0 Å². The molecule has 6 heteroatoms. The molecule has 0 heterocycles. The molecule has 0 aromatic heterocycles. The smallest absolute Gasteiger partial charge is 0.306 e. The van der Waals surface area contributed by atoms with Crippen molar-refractivity contribution in [2.24, 2.45) is 0 Å². The summed E-state index contributed by atoms with van der Waals surface area (Å²) >= 11 is 0. The molecule has 0 saturated heterocycles. The van der Waals surface area contributed by atoms with Gasteiger partial charge in [-0.15, -0.1) is 0 Å². The lowest BCUT2D eigenvalue weighted by Gasteiger charge is -2.18. The summed E-state index contributed by atoms with van der Waals surface area (Å²) in [4.78, 5) is 38.3. The number of ether oxygens (including phenoxy) is 3. The Labute approximate surface area is 487 Å². The van der Waals surface area contributed by atoms with E-state index in [2.05, 4.69) is 154 Å². The Morgan fingerprint density at radius 2 is 0.519 bits per heavy atom. The predicted octanol–water partition coefficient (Wildman–Crippen LogP) is 22.5. The summed E-state index contributed by atoms with van der Waals surface area (Å²) in [7, 11) is 0. The minimum Gasteiger partial charge on any atom is -0.462 e. The maximum Gasteiger partial charge on any atom is 0.306 e. The molecule has 0 bridgehead atoms. The number of unbranched alkanes of at least 4 members (excludes halogenated alkanes) is 25. The Balaban J connectivity index is 4.34. The van der Waals surface area contributed by atoms with Crippen LogP contribution in [0.15, 0.2) is 134 Å². The van der Waals surface area contributed by atoms with Gasteiger partial charge < -0.3 is 14.2 Å². The van der Waals surface area contributed by atoms with Gasteiger partial charge in [-0.2, -0.15) is 0 Å². The average molecular weight is 1090 g/mol. The molecule has 0 fully saturated rings. The van der Waals surface area contributed by atoms with E-state index in [1.807, 2.05) is 0 Å². The zero-order chi connectivity index (χ0) is 57.1. The van der Waals surface area contributed by atoms with Gasteiger partial charge in [0.25, 0.3) is 0 Å². The molecule has 0 rings (SSSR count). The SMILES string of the molecule is CC/C=C\C/C=C\C/C=C\C/C=C\C/C=C\C/C=C\C/C=C\C/C=C\CCCCCCCCC(=O)OCC(COC(=O)CCCCCCC/C=C\C/C=C\CCC)OC(=O)CCCCCCCCC/C=C\CCCCCCCC. The van der Waals surface area contributed by atoms with Gasteiger partial charge in [0, 0.05) is 19.3 Å². The molecule has 0 aliphatic rings. The van der Waals surface area contributed by atoms with Crippen molar-refractivity contribution in [2.45, 2.75) is 297 Å². The standard InChI is InChI=1S/C73H120O6/c1-4-7-10-13-16-19-22-25-27-29-30-31-32-33-34-35-36-37-38-39-40-41-42-44-45-48-51-54-57-60-63-66-72(75)78-69-70(68-77-71(74)65-62-59-56-53-50-47-24-21-18-15-12-9-6-3)79-73(76)67-64-61-58-55-52-49-46-43-28-26-23-20-17-14-11-8-5-2/h7,10,12,15-16,19,21,24-28,30-31,33-34,36-37,39-40,42,44,70H,4-6,8-9,11,13-14,17-18,20,22-23,29,32,35,38,41,43,45-69H2,1-3H3/b10-7-,15-12-,19-16-,24-21-,27-25-,28-26-,31-30-,34-33-,37-36-,40-39-,44-42-. The van der Waals surface area contributed by atoms with E-state index in [9.17, 15) is 14.4 Å². The topological polar surface area (TPSA) is 78.9 Å². The maximum absolute atomic E-state index is 12.9. The minimum atomic E-state index is -0.797. The van der Waals surface area contributed by atoms with Crippen molar-refractivity contribution >= 4 is 17.9 Å². The third-order valence-electron chi connectivity index (χ3n) is 13.6.